The van der Waals surface area contributed by atoms with Crippen LogP contribution >= 0.6 is 0 Å². The van der Waals surface area contributed by atoms with Gasteiger partial charge >= 0.3 is 18.4 Å². The number of anilines is 1. The Labute approximate surface area is 201 Å². The second kappa shape index (κ2) is 8.68. The number of ether oxygens (including phenoxy) is 1. The lowest BCUT2D eigenvalue weighted by atomic mass is 9.86. The van der Waals surface area contributed by atoms with Crippen molar-refractivity contribution in [2.24, 2.45) is 17.6 Å². The molecule has 4 unspecified atom stereocenters. The maximum Gasteiger partial charge on any atom is 0.416 e. The average molecular weight is 515 g/mol. The van der Waals surface area contributed by atoms with Crippen LogP contribution in [0.3, 0.4) is 0 Å². The molecule has 3 aromatic rings. The number of H-pyrrole nitrogens is 1. The number of piperidine rings is 1. The fourth-order valence-electron chi connectivity index (χ4n) is 5.06. The fraction of sp³-hybridized carbons (Fsp3) is 0.500. The third-order valence-electron chi connectivity index (χ3n) is 6.69. The van der Waals surface area contributed by atoms with Gasteiger partial charge in [-0.2, -0.15) is 31.3 Å². The highest BCUT2D eigenvalue weighted by atomic mass is 19.4. The van der Waals surface area contributed by atoms with E-state index in [2.05, 4.69) is 20.1 Å². The lowest BCUT2D eigenvalue weighted by molar-refractivity contribution is -0.143. The molecule has 2 fully saturated rings. The molecule has 1 saturated heterocycles. The molecule has 36 heavy (non-hydrogen) atoms. The summed E-state index contributed by atoms with van der Waals surface area (Å²) in [4.78, 5) is 13.7. The van der Waals surface area contributed by atoms with E-state index in [1.54, 1.807) is 11.1 Å². The molecule has 14 heteroatoms. The molecule has 2 aliphatic rings. The number of benzene rings is 1. The van der Waals surface area contributed by atoms with Crippen LogP contribution < -0.4 is 15.4 Å². The van der Waals surface area contributed by atoms with Crippen LogP contribution in [0.1, 0.15) is 36.0 Å². The summed E-state index contributed by atoms with van der Waals surface area (Å²) in [7, 11) is 0. The van der Waals surface area contributed by atoms with E-state index < -0.39 is 30.5 Å². The summed E-state index contributed by atoms with van der Waals surface area (Å²) in [5.41, 5.74) is 6.36. The van der Waals surface area contributed by atoms with Gasteiger partial charge in [0.2, 0.25) is 5.95 Å². The van der Waals surface area contributed by atoms with Gasteiger partial charge in [0.15, 0.2) is 0 Å². The van der Waals surface area contributed by atoms with Gasteiger partial charge in [0.25, 0.3) is 0 Å². The molecule has 0 spiro atoms. The Morgan fingerprint density at radius 3 is 2.44 bits per heavy atom. The molecule has 2 bridgehead atoms. The van der Waals surface area contributed by atoms with Gasteiger partial charge in [0.05, 0.1) is 11.6 Å². The molecule has 4 atom stereocenters. The van der Waals surface area contributed by atoms with Crippen LogP contribution in [0, 0.1) is 18.8 Å². The topological polar surface area (TPSA) is 97.9 Å². The zero-order chi connectivity index (χ0) is 25.8. The smallest absolute Gasteiger partial charge is 0.416 e. The fourth-order valence-corrected chi connectivity index (χ4v) is 5.06. The molecule has 3 heterocycles. The first-order valence-electron chi connectivity index (χ1n) is 11.3. The summed E-state index contributed by atoms with van der Waals surface area (Å²) in [5.74, 6) is 0.610. The summed E-state index contributed by atoms with van der Waals surface area (Å²) >= 11 is 0. The maximum atomic E-state index is 13.3. The number of nitrogens with zero attached hydrogens (tertiary/aromatic N) is 5. The Morgan fingerprint density at radius 1 is 1.11 bits per heavy atom. The van der Waals surface area contributed by atoms with Gasteiger partial charge < -0.3 is 20.4 Å². The van der Waals surface area contributed by atoms with Crippen LogP contribution in [0.4, 0.5) is 32.3 Å². The molecule has 194 valence electrons. The second-order valence-electron chi connectivity index (χ2n) is 9.22. The molecule has 2 aromatic heterocycles. The lowest BCUT2D eigenvalue weighted by Crippen LogP contribution is -2.51. The second-order valence-corrected chi connectivity index (χ2v) is 9.22. The van der Waals surface area contributed by atoms with Gasteiger partial charge in [-0.1, -0.05) is 0 Å². The van der Waals surface area contributed by atoms with E-state index >= 15 is 0 Å². The summed E-state index contributed by atoms with van der Waals surface area (Å²) in [6, 6.07) is 2.62. The Balaban J connectivity index is 1.50. The Kier molecular flexibility index (Phi) is 5.88. The first kappa shape index (κ1) is 24.4. The lowest BCUT2D eigenvalue weighted by Gasteiger charge is -2.42. The summed E-state index contributed by atoms with van der Waals surface area (Å²) in [6.07, 6.45) is -5.85. The van der Waals surface area contributed by atoms with Crippen LogP contribution in [0.25, 0.3) is 0 Å². The molecule has 5 rings (SSSR count). The number of halogens is 6. The molecular formula is C22H23F6N7O. The molecule has 0 amide bonds. The van der Waals surface area contributed by atoms with Gasteiger partial charge in [-0.25, -0.2) is 9.67 Å². The zero-order valence-corrected chi connectivity index (χ0v) is 19.0. The summed E-state index contributed by atoms with van der Waals surface area (Å²) in [5, 5.41) is 4.10. The van der Waals surface area contributed by atoms with E-state index in [0.29, 0.717) is 17.1 Å². The number of aromatic amines is 1. The van der Waals surface area contributed by atoms with E-state index in [9.17, 15) is 26.3 Å². The first-order chi connectivity index (χ1) is 16.9. The number of hydrogen-bond donors (Lipinski definition) is 2. The van der Waals surface area contributed by atoms with Crippen molar-refractivity contribution in [3.05, 3.63) is 47.5 Å². The van der Waals surface area contributed by atoms with Crippen LogP contribution in [0.2, 0.25) is 0 Å². The third kappa shape index (κ3) is 4.73. The molecule has 0 radical (unpaired) electrons. The van der Waals surface area contributed by atoms with E-state index in [1.165, 1.54) is 0 Å². The summed E-state index contributed by atoms with van der Waals surface area (Å²) < 4.78 is 84.6. The largest absolute Gasteiger partial charge is 0.424 e. The van der Waals surface area contributed by atoms with Gasteiger partial charge in [0, 0.05) is 30.4 Å². The van der Waals surface area contributed by atoms with Crippen molar-refractivity contribution in [1.82, 2.24) is 24.7 Å². The minimum Gasteiger partial charge on any atom is -0.424 e. The summed E-state index contributed by atoms with van der Waals surface area (Å²) in [6.45, 7) is 0.770. The number of aryl methyl sites for hydroxylation is 1. The van der Waals surface area contributed by atoms with Gasteiger partial charge in [-0.15, -0.1) is 5.10 Å². The Bertz CT molecular complexity index is 1220. The Morgan fingerprint density at radius 2 is 1.83 bits per heavy atom. The standard InChI is InChI=1S/C22H23F6N7O/c1-11-8-30-18(31-11)17-15-7-2-12(16(15)29)9-34(17)19-32-20(35(33-19)10-21(23,24)25)36-14-5-3-13(4-6-14)22(26,27)28/h3-6,8,12,15-17H,2,7,9-10,29H2,1H3,(H,30,31). The van der Waals surface area contributed by atoms with Crippen LogP contribution in [-0.4, -0.2) is 43.5 Å². The number of fused-ring (bicyclic) bond motifs is 2. The number of aromatic nitrogens is 5. The zero-order valence-electron chi connectivity index (χ0n) is 19.0. The normalized spacial score (nSPS) is 24.4. The number of nitrogens with one attached hydrogen (secondary N) is 1. The molecular weight excluding hydrogens is 492 g/mol. The monoisotopic (exact) mass is 515 g/mol. The van der Waals surface area contributed by atoms with E-state index in [0.717, 1.165) is 42.8 Å². The highest BCUT2D eigenvalue weighted by Crippen LogP contribution is 2.47. The number of imidazole rings is 1. The number of rotatable bonds is 5. The minimum absolute atomic E-state index is 0.00372. The van der Waals surface area contributed by atoms with Crippen molar-refractivity contribution < 1.29 is 31.1 Å². The van der Waals surface area contributed by atoms with Gasteiger partial charge in [0.1, 0.15) is 18.1 Å². The SMILES string of the molecule is Cc1cnc(C2C3CCC(CN2c2nc(Oc4ccc(C(F)(F)F)cc4)n(CC(F)(F)F)n2)C3N)[nH]1. The third-order valence-corrected chi connectivity index (χ3v) is 6.69. The van der Waals surface area contributed by atoms with Crippen molar-refractivity contribution in [3.8, 4) is 11.8 Å². The first-order valence-corrected chi connectivity index (χ1v) is 11.3. The molecule has 1 saturated carbocycles. The highest BCUT2D eigenvalue weighted by molar-refractivity contribution is 5.39. The number of alkyl halides is 6. The number of hydrogen-bond acceptors (Lipinski definition) is 6. The number of nitrogens with two attached hydrogens (primary N) is 1. The van der Waals surface area contributed by atoms with E-state index in [1.807, 2.05) is 6.92 Å². The van der Waals surface area contributed by atoms with Crippen molar-refractivity contribution in [2.45, 2.75) is 50.7 Å². The molecule has 1 aliphatic carbocycles. The van der Waals surface area contributed by atoms with Crippen LogP contribution in [0.15, 0.2) is 30.5 Å². The van der Waals surface area contributed by atoms with E-state index in [4.69, 9.17) is 10.5 Å². The van der Waals surface area contributed by atoms with Crippen LogP contribution in [-0.2, 0) is 12.7 Å². The van der Waals surface area contributed by atoms with Crippen molar-refractivity contribution in [1.29, 1.82) is 0 Å². The average Bonchev–Trinajstić information content (AvgIpc) is 3.43. The minimum atomic E-state index is -4.63. The van der Waals surface area contributed by atoms with Crippen molar-refractivity contribution in [3.63, 3.8) is 0 Å². The quantitative estimate of drug-likeness (QED) is 0.482. The maximum absolute atomic E-state index is 13.3. The highest BCUT2D eigenvalue weighted by Gasteiger charge is 2.49. The molecule has 8 nitrogen and oxygen atoms in total. The van der Waals surface area contributed by atoms with Gasteiger partial charge in [-0.3, -0.25) is 0 Å². The predicted molar refractivity (Wildman–Crippen MR) is 115 cm³/mol. The Hall–Kier alpha value is -3.29. The van der Waals surface area contributed by atoms with Crippen LogP contribution in [0.5, 0.6) is 11.8 Å². The van der Waals surface area contributed by atoms with Gasteiger partial charge in [-0.05, 0) is 49.9 Å². The van der Waals surface area contributed by atoms with E-state index in [-0.39, 0.29) is 35.6 Å². The molecule has 1 aromatic carbocycles. The van der Waals surface area contributed by atoms with Crippen molar-refractivity contribution >= 4 is 5.95 Å². The predicted octanol–water partition coefficient (Wildman–Crippen LogP) is 4.60. The molecule has 1 aliphatic heterocycles. The molecule has 3 N–H and O–H groups in total. The van der Waals surface area contributed by atoms with Crippen molar-refractivity contribution in [2.75, 3.05) is 11.4 Å².